The topological polar surface area (TPSA) is 9.23 Å². The molecule has 0 amide bonds. The van der Waals surface area contributed by atoms with Gasteiger partial charge in [-0.15, -0.1) is 11.6 Å². The third kappa shape index (κ3) is 4.47. The number of hydrogen-bond donors (Lipinski definition) is 0. The van der Waals surface area contributed by atoms with Crippen LogP contribution in [-0.4, -0.2) is 18.6 Å². The van der Waals surface area contributed by atoms with E-state index in [2.05, 4.69) is 38.1 Å². The smallest absolute Gasteiger partial charge is 0.147 e. The number of alkyl halides is 1. The summed E-state index contributed by atoms with van der Waals surface area (Å²) in [5, 5.41) is 0. The summed E-state index contributed by atoms with van der Waals surface area (Å²) < 4.78 is 7.61. The van der Waals surface area contributed by atoms with Crippen LogP contribution in [0.1, 0.15) is 12.0 Å². The highest BCUT2D eigenvalue weighted by Crippen LogP contribution is 2.35. The molecule has 0 aromatic heterocycles. The summed E-state index contributed by atoms with van der Waals surface area (Å²) in [6.45, 7) is 0.734. The molecule has 0 radical (unpaired) electrons. The van der Waals surface area contributed by atoms with Crippen LogP contribution in [0.15, 0.2) is 21.1 Å². The first-order valence-electron chi connectivity index (χ1n) is 4.84. The number of halogens is 3. The van der Waals surface area contributed by atoms with E-state index in [1.54, 1.807) is 0 Å². The third-order valence-corrected chi connectivity index (χ3v) is 4.14. The number of ether oxygens (including phenoxy) is 1. The van der Waals surface area contributed by atoms with Crippen molar-refractivity contribution in [3.63, 3.8) is 0 Å². The lowest BCUT2D eigenvalue weighted by Gasteiger charge is -2.11. The zero-order chi connectivity index (χ0) is 12.0. The average Bonchev–Trinajstić information content (AvgIpc) is 2.26. The second-order valence-electron chi connectivity index (χ2n) is 3.22. The Kier molecular flexibility index (Phi) is 7.20. The molecule has 0 spiro atoms. The summed E-state index contributed by atoms with van der Waals surface area (Å²) in [5.74, 6) is 2.48. The fraction of sp³-hybridized carbons (Fsp3) is 0.455. The van der Waals surface area contributed by atoms with Gasteiger partial charge in [0.15, 0.2) is 0 Å². The summed E-state index contributed by atoms with van der Waals surface area (Å²) in [7, 11) is 0. The first-order chi connectivity index (χ1) is 7.69. The van der Waals surface area contributed by atoms with E-state index in [9.17, 15) is 0 Å². The number of hydrogen-bond acceptors (Lipinski definition) is 2. The van der Waals surface area contributed by atoms with Gasteiger partial charge in [0.2, 0.25) is 0 Å². The predicted octanol–water partition coefficient (Wildman–Crippen LogP) is 5.08. The molecule has 0 saturated heterocycles. The van der Waals surface area contributed by atoms with Crippen LogP contribution in [0.5, 0.6) is 5.75 Å². The van der Waals surface area contributed by atoms with E-state index in [0.29, 0.717) is 5.88 Å². The maximum absolute atomic E-state index is 5.78. The zero-order valence-electron chi connectivity index (χ0n) is 8.93. The summed E-state index contributed by atoms with van der Waals surface area (Å²) in [5.41, 5.74) is 1.07. The van der Waals surface area contributed by atoms with Gasteiger partial charge < -0.3 is 4.74 Å². The van der Waals surface area contributed by atoms with Crippen LogP contribution < -0.4 is 4.74 Å². The van der Waals surface area contributed by atoms with Crippen LogP contribution in [0.3, 0.4) is 0 Å². The van der Waals surface area contributed by atoms with Crippen LogP contribution in [0.4, 0.5) is 0 Å². The normalized spacial score (nSPS) is 10.5. The molecular weight excluding hydrogens is 375 g/mol. The molecule has 16 heavy (non-hydrogen) atoms. The van der Waals surface area contributed by atoms with Crippen molar-refractivity contribution in [1.29, 1.82) is 0 Å². The maximum atomic E-state index is 5.78. The van der Waals surface area contributed by atoms with Gasteiger partial charge in [0, 0.05) is 5.88 Å². The summed E-state index contributed by atoms with van der Waals surface area (Å²) in [6.07, 6.45) is 3.15. The minimum Gasteiger partial charge on any atom is -0.491 e. The molecule has 0 aliphatic carbocycles. The Labute approximate surface area is 123 Å². The van der Waals surface area contributed by atoms with Gasteiger partial charge in [-0.2, -0.15) is 11.8 Å². The first kappa shape index (κ1) is 14.7. The van der Waals surface area contributed by atoms with E-state index in [1.807, 2.05) is 23.9 Å². The summed E-state index contributed by atoms with van der Waals surface area (Å²) in [4.78, 5) is 0. The molecule has 1 rings (SSSR count). The monoisotopic (exact) mass is 386 g/mol. The summed E-state index contributed by atoms with van der Waals surface area (Å²) >= 11 is 14.6. The van der Waals surface area contributed by atoms with Gasteiger partial charge in [0.1, 0.15) is 5.75 Å². The fourth-order valence-electron chi connectivity index (χ4n) is 1.20. The van der Waals surface area contributed by atoms with Gasteiger partial charge >= 0.3 is 0 Å². The van der Waals surface area contributed by atoms with Crippen molar-refractivity contribution in [2.24, 2.45) is 0 Å². The Morgan fingerprint density at radius 3 is 2.44 bits per heavy atom. The average molecular weight is 389 g/mol. The molecule has 0 aliphatic heterocycles. The van der Waals surface area contributed by atoms with E-state index in [-0.39, 0.29) is 0 Å². The molecule has 0 heterocycles. The van der Waals surface area contributed by atoms with Crippen molar-refractivity contribution in [2.75, 3.05) is 18.6 Å². The molecule has 1 nitrogen and oxygen atoms in total. The van der Waals surface area contributed by atoms with E-state index in [0.717, 1.165) is 39.0 Å². The van der Waals surface area contributed by atoms with E-state index in [4.69, 9.17) is 16.3 Å². The maximum Gasteiger partial charge on any atom is 0.147 e. The highest BCUT2D eigenvalue weighted by molar-refractivity contribution is 9.11. The van der Waals surface area contributed by atoms with Gasteiger partial charge in [-0.1, -0.05) is 0 Å². The van der Waals surface area contributed by atoms with Gasteiger partial charge in [-0.3, -0.25) is 0 Å². The molecule has 0 aliphatic rings. The lowest BCUT2D eigenvalue weighted by molar-refractivity contribution is 0.315. The van der Waals surface area contributed by atoms with E-state index >= 15 is 0 Å². The van der Waals surface area contributed by atoms with Crippen molar-refractivity contribution >= 4 is 55.2 Å². The number of thioether (sulfide) groups is 1. The molecule has 5 heteroatoms. The highest BCUT2D eigenvalue weighted by atomic mass is 79.9. The van der Waals surface area contributed by atoms with Crippen LogP contribution in [0.25, 0.3) is 0 Å². The lowest BCUT2D eigenvalue weighted by Crippen LogP contribution is -2.00. The largest absolute Gasteiger partial charge is 0.491 e. The number of rotatable bonds is 6. The molecule has 0 N–H and O–H groups in total. The Morgan fingerprint density at radius 1 is 1.31 bits per heavy atom. The van der Waals surface area contributed by atoms with Crippen molar-refractivity contribution in [2.45, 2.75) is 12.3 Å². The Bertz CT molecular complexity index is 324. The fourth-order valence-corrected chi connectivity index (χ4v) is 3.28. The van der Waals surface area contributed by atoms with Gasteiger partial charge in [0.25, 0.3) is 0 Å². The number of benzene rings is 1. The predicted molar refractivity (Wildman–Crippen MR) is 79.9 cm³/mol. The lowest BCUT2D eigenvalue weighted by atomic mass is 10.2. The minimum absolute atomic E-state index is 0.504. The standard InChI is InChI=1S/C11H13Br2ClOS/c1-16-4-2-3-15-11-9(12)5-8(7-14)6-10(11)13/h5-6H,2-4,7H2,1H3. The molecule has 0 unspecified atom stereocenters. The molecule has 0 bridgehead atoms. The Hall–Kier alpha value is 0.620. The molecule has 0 fully saturated rings. The quantitative estimate of drug-likeness (QED) is 0.496. The van der Waals surface area contributed by atoms with Crippen molar-refractivity contribution in [3.8, 4) is 5.75 Å². The highest BCUT2D eigenvalue weighted by Gasteiger charge is 2.08. The zero-order valence-corrected chi connectivity index (χ0v) is 13.7. The van der Waals surface area contributed by atoms with Crippen LogP contribution in [0, 0.1) is 0 Å². The van der Waals surface area contributed by atoms with Crippen molar-refractivity contribution in [3.05, 3.63) is 26.6 Å². The molecule has 1 aromatic carbocycles. The first-order valence-corrected chi connectivity index (χ1v) is 8.36. The second-order valence-corrected chi connectivity index (χ2v) is 6.18. The molecular formula is C11H13Br2ClOS. The molecule has 90 valence electrons. The van der Waals surface area contributed by atoms with Crippen LogP contribution in [-0.2, 0) is 5.88 Å². The van der Waals surface area contributed by atoms with Crippen LogP contribution in [0.2, 0.25) is 0 Å². The van der Waals surface area contributed by atoms with Gasteiger partial charge in [-0.05, 0) is 68.0 Å². The van der Waals surface area contributed by atoms with Gasteiger partial charge in [-0.25, -0.2) is 0 Å². The third-order valence-electron chi connectivity index (χ3n) is 1.95. The van der Waals surface area contributed by atoms with E-state index < -0.39 is 0 Å². The SMILES string of the molecule is CSCCCOc1c(Br)cc(CCl)cc1Br. The molecule has 0 saturated carbocycles. The van der Waals surface area contributed by atoms with Gasteiger partial charge in [0.05, 0.1) is 15.6 Å². The summed E-state index contributed by atoms with van der Waals surface area (Å²) in [6, 6.07) is 3.98. The van der Waals surface area contributed by atoms with Crippen molar-refractivity contribution in [1.82, 2.24) is 0 Å². The molecule has 0 atom stereocenters. The van der Waals surface area contributed by atoms with E-state index in [1.165, 1.54) is 0 Å². The molecule has 1 aromatic rings. The Balaban J connectivity index is 2.65. The van der Waals surface area contributed by atoms with Crippen molar-refractivity contribution < 1.29 is 4.74 Å². The van der Waals surface area contributed by atoms with Crippen LogP contribution >= 0.6 is 55.2 Å². The minimum atomic E-state index is 0.504. The Morgan fingerprint density at radius 2 is 1.94 bits per heavy atom. The second kappa shape index (κ2) is 7.85.